The maximum Gasteiger partial charge on any atom is 0.416 e. The summed E-state index contributed by atoms with van der Waals surface area (Å²) in [7, 11) is 0. The summed E-state index contributed by atoms with van der Waals surface area (Å²) in [5, 5.41) is 0.467. The Morgan fingerprint density at radius 1 is 1.20 bits per heavy atom. The maximum atomic E-state index is 12.8. The van der Waals surface area contributed by atoms with Crippen molar-refractivity contribution in [1.82, 2.24) is 9.97 Å². The van der Waals surface area contributed by atoms with Crippen LogP contribution >= 0.6 is 11.6 Å². The van der Waals surface area contributed by atoms with Gasteiger partial charge in [-0.2, -0.15) is 13.2 Å². The van der Waals surface area contributed by atoms with Crippen molar-refractivity contribution in [2.24, 2.45) is 0 Å². The van der Waals surface area contributed by atoms with E-state index >= 15 is 0 Å². The molecule has 1 aromatic heterocycles. The highest BCUT2D eigenvalue weighted by atomic mass is 35.5. The number of fused-ring (bicyclic) bond motifs is 1. The lowest BCUT2D eigenvalue weighted by Crippen LogP contribution is -2.11. The highest BCUT2D eigenvalue weighted by molar-refractivity contribution is 6.50. The maximum absolute atomic E-state index is 12.8. The Hall–Kier alpha value is -2.60. The monoisotopic (exact) mass is 364 g/mol. The highest BCUT2D eigenvalue weighted by Gasteiger charge is 2.30. The molecule has 3 aromatic rings. The molecule has 1 heterocycles. The Labute approximate surface area is 145 Å². The van der Waals surface area contributed by atoms with Crippen molar-refractivity contribution >= 4 is 33.6 Å². The first-order chi connectivity index (χ1) is 11.8. The summed E-state index contributed by atoms with van der Waals surface area (Å²) >= 11 is 6.18. The molecule has 0 saturated heterocycles. The summed E-state index contributed by atoms with van der Waals surface area (Å²) in [6.07, 6.45) is -3.11. The largest absolute Gasteiger partial charge is 0.416 e. The molecule has 0 fully saturated rings. The number of hydrogen-bond donors (Lipinski definition) is 1. The lowest BCUT2D eigenvalue weighted by Gasteiger charge is -2.07. The topological polar surface area (TPSA) is 45.8 Å². The van der Waals surface area contributed by atoms with Gasteiger partial charge in [-0.1, -0.05) is 35.9 Å². The van der Waals surface area contributed by atoms with E-state index in [9.17, 15) is 18.0 Å². The van der Waals surface area contributed by atoms with Gasteiger partial charge in [0.05, 0.1) is 21.5 Å². The molecule has 0 spiro atoms. The van der Waals surface area contributed by atoms with Crippen molar-refractivity contribution in [1.29, 1.82) is 0 Å². The number of benzene rings is 2. The number of H-pyrrole nitrogens is 1. The number of rotatable bonds is 2. The molecule has 0 aliphatic carbocycles. The Bertz CT molecular complexity index is 1040. The van der Waals surface area contributed by atoms with Crippen LogP contribution in [0.3, 0.4) is 0 Å². The van der Waals surface area contributed by atoms with Crippen molar-refractivity contribution in [3.8, 4) is 0 Å². The molecule has 0 saturated carbocycles. The van der Waals surface area contributed by atoms with Crippen LogP contribution in [0.15, 0.2) is 47.3 Å². The van der Waals surface area contributed by atoms with E-state index in [0.29, 0.717) is 10.9 Å². The molecule has 0 radical (unpaired) electrons. The van der Waals surface area contributed by atoms with E-state index < -0.39 is 11.7 Å². The molecule has 0 bridgehead atoms. The summed E-state index contributed by atoms with van der Waals surface area (Å²) in [5.74, 6) is 0.103. The third-order valence-electron chi connectivity index (χ3n) is 3.67. The van der Waals surface area contributed by atoms with Gasteiger partial charge in [-0.3, -0.25) is 4.79 Å². The Morgan fingerprint density at radius 2 is 1.92 bits per heavy atom. The summed E-state index contributed by atoms with van der Waals surface area (Å²) in [6.45, 7) is 1.81. The highest BCUT2D eigenvalue weighted by Crippen LogP contribution is 2.30. The average Bonchev–Trinajstić information content (AvgIpc) is 2.55. The van der Waals surface area contributed by atoms with Crippen LogP contribution in [0.25, 0.3) is 22.0 Å². The van der Waals surface area contributed by atoms with Gasteiger partial charge in [-0.25, -0.2) is 4.98 Å². The first kappa shape index (κ1) is 17.2. The van der Waals surface area contributed by atoms with Gasteiger partial charge in [0, 0.05) is 0 Å². The first-order valence-corrected chi connectivity index (χ1v) is 7.68. The second kappa shape index (κ2) is 6.37. The SMILES string of the molecule is Cc1cccc2c(=O)[nH]c(/C(Cl)=C/c3cccc(C(F)(F)F)c3)nc12. The molecule has 25 heavy (non-hydrogen) atoms. The zero-order valence-corrected chi connectivity index (χ0v) is 13.7. The number of para-hydroxylation sites is 1. The molecule has 0 aliphatic rings. The van der Waals surface area contributed by atoms with Gasteiger partial charge in [0.2, 0.25) is 0 Å². The van der Waals surface area contributed by atoms with Gasteiger partial charge in [0.1, 0.15) is 0 Å². The minimum Gasteiger partial charge on any atom is -0.305 e. The molecular weight excluding hydrogens is 353 g/mol. The Morgan fingerprint density at radius 3 is 2.64 bits per heavy atom. The molecule has 3 nitrogen and oxygen atoms in total. The number of aromatic nitrogens is 2. The van der Waals surface area contributed by atoms with E-state index in [1.54, 1.807) is 12.1 Å². The fourth-order valence-electron chi connectivity index (χ4n) is 2.44. The molecule has 2 aromatic carbocycles. The number of nitrogens with one attached hydrogen (secondary N) is 1. The number of halogens is 4. The van der Waals surface area contributed by atoms with E-state index in [-0.39, 0.29) is 22.0 Å². The third-order valence-corrected chi connectivity index (χ3v) is 3.96. The van der Waals surface area contributed by atoms with Gasteiger partial charge < -0.3 is 4.98 Å². The lowest BCUT2D eigenvalue weighted by atomic mass is 10.1. The molecule has 0 aliphatic heterocycles. The zero-order chi connectivity index (χ0) is 18.2. The van der Waals surface area contributed by atoms with Crippen LogP contribution < -0.4 is 5.56 Å². The van der Waals surface area contributed by atoms with Crippen LogP contribution in [0.5, 0.6) is 0 Å². The standard InChI is InChI=1S/C18H12ClF3N2O/c1-10-4-2-7-13-15(10)23-16(24-17(13)25)14(19)9-11-5-3-6-12(8-11)18(20,21)22/h2-9H,1H3,(H,23,24,25)/b14-9-. The van der Waals surface area contributed by atoms with Crippen molar-refractivity contribution < 1.29 is 13.2 Å². The van der Waals surface area contributed by atoms with Gasteiger partial charge in [-0.05, 0) is 42.3 Å². The minimum absolute atomic E-state index is 0.0431. The van der Waals surface area contributed by atoms with Gasteiger partial charge in [0.15, 0.2) is 5.82 Å². The zero-order valence-electron chi connectivity index (χ0n) is 13.0. The summed E-state index contributed by atoms with van der Waals surface area (Å²) in [6, 6.07) is 9.93. The van der Waals surface area contributed by atoms with Gasteiger partial charge in [0.25, 0.3) is 5.56 Å². The van der Waals surface area contributed by atoms with Crippen molar-refractivity contribution in [3.63, 3.8) is 0 Å². The molecule has 0 amide bonds. The van der Waals surface area contributed by atoms with Crippen LogP contribution in [-0.4, -0.2) is 9.97 Å². The number of aromatic amines is 1. The number of hydrogen-bond acceptors (Lipinski definition) is 2. The molecule has 7 heteroatoms. The van der Waals surface area contributed by atoms with Crippen molar-refractivity contribution in [2.75, 3.05) is 0 Å². The van der Waals surface area contributed by atoms with Crippen molar-refractivity contribution in [2.45, 2.75) is 13.1 Å². The second-order valence-electron chi connectivity index (χ2n) is 5.50. The minimum atomic E-state index is -4.44. The fraction of sp³-hybridized carbons (Fsp3) is 0.111. The number of nitrogens with zero attached hydrogens (tertiary/aromatic N) is 1. The van der Waals surface area contributed by atoms with E-state index in [0.717, 1.165) is 17.7 Å². The van der Waals surface area contributed by atoms with E-state index in [4.69, 9.17) is 11.6 Å². The predicted octanol–water partition coefficient (Wildman–Crippen LogP) is 4.99. The van der Waals surface area contributed by atoms with Crippen LogP contribution in [0, 0.1) is 6.92 Å². The van der Waals surface area contributed by atoms with Crippen molar-refractivity contribution in [3.05, 3.63) is 75.3 Å². The van der Waals surface area contributed by atoms with Gasteiger partial charge in [-0.15, -0.1) is 0 Å². The molecule has 1 N–H and O–H groups in total. The molecule has 3 rings (SSSR count). The lowest BCUT2D eigenvalue weighted by molar-refractivity contribution is -0.137. The fourth-order valence-corrected chi connectivity index (χ4v) is 2.65. The summed E-state index contributed by atoms with van der Waals surface area (Å²) in [4.78, 5) is 19.0. The smallest absolute Gasteiger partial charge is 0.305 e. The van der Waals surface area contributed by atoms with E-state index in [1.807, 2.05) is 13.0 Å². The molecule has 128 valence electrons. The van der Waals surface area contributed by atoms with Crippen LogP contribution in [0.1, 0.15) is 22.5 Å². The average molecular weight is 365 g/mol. The van der Waals surface area contributed by atoms with Crippen LogP contribution in [0.2, 0.25) is 0 Å². The third kappa shape index (κ3) is 3.58. The van der Waals surface area contributed by atoms with Crippen LogP contribution in [0.4, 0.5) is 13.2 Å². The number of aryl methyl sites for hydroxylation is 1. The first-order valence-electron chi connectivity index (χ1n) is 7.30. The predicted molar refractivity (Wildman–Crippen MR) is 92.3 cm³/mol. The quantitative estimate of drug-likeness (QED) is 0.696. The summed E-state index contributed by atoms with van der Waals surface area (Å²) < 4.78 is 38.4. The Kier molecular flexibility index (Phi) is 4.39. The molecule has 0 unspecified atom stereocenters. The molecular formula is C18H12ClF3N2O. The Balaban J connectivity index is 2.08. The molecule has 0 atom stereocenters. The second-order valence-corrected chi connectivity index (χ2v) is 5.91. The van der Waals surface area contributed by atoms with E-state index in [1.165, 1.54) is 18.2 Å². The summed E-state index contributed by atoms with van der Waals surface area (Å²) in [5.41, 5.74) is 0.415. The normalized spacial score (nSPS) is 12.6. The van der Waals surface area contributed by atoms with Gasteiger partial charge >= 0.3 is 6.18 Å². The van der Waals surface area contributed by atoms with Crippen LogP contribution in [-0.2, 0) is 6.18 Å². The van der Waals surface area contributed by atoms with E-state index in [2.05, 4.69) is 9.97 Å². The number of alkyl halides is 3.